The van der Waals surface area contributed by atoms with Crippen LogP contribution in [0, 0.1) is 0 Å². The lowest BCUT2D eigenvalue weighted by atomic mass is 10.2. The van der Waals surface area contributed by atoms with Crippen molar-refractivity contribution in [1.29, 1.82) is 0 Å². The number of pyridine rings is 1. The van der Waals surface area contributed by atoms with Crippen LogP contribution in [-0.4, -0.2) is 14.5 Å². The van der Waals surface area contributed by atoms with Gasteiger partial charge in [-0.2, -0.15) is 0 Å². The van der Waals surface area contributed by atoms with Crippen LogP contribution in [0.1, 0.15) is 5.69 Å². The molecule has 0 aliphatic rings. The normalized spacial score (nSPS) is 10.8. The van der Waals surface area contributed by atoms with Crippen LogP contribution >= 0.6 is 15.9 Å². The predicted molar refractivity (Wildman–Crippen MR) is 79.9 cm³/mol. The first-order chi connectivity index (χ1) is 9.63. The summed E-state index contributed by atoms with van der Waals surface area (Å²) in [6.45, 7) is 0.305. The molecule has 3 rings (SSSR count). The van der Waals surface area contributed by atoms with Gasteiger partial charge in [-0.05, 0) is 28.1 Å². The third-order valence-corrected chi connectivity index (χ3v) is 3.52. The molecule has 0 saturated heterocycles. The zero-order valence-corrected chi connectivity index (χ0v) is 11.9. The van der Waals surface area contributed by atoms with Crippen LogP contribution in [-0.2, 0) is 6.54 Å². The number of aromatic nitrogens is 3. The third-order valence-electron chi connectivity index (χ3n) is 2.96. The Labute approximate surface area is 122 Å². The molecule has 2 heterocycles. The molecule has 0 amide bonds. The van der Waals surface area contributed by atoms with Gasteiger partial charge in [-0.3, -0.25) is 19.3 Å². The summed E-state index contributed by atoms with van der Waals surface area (Å²) < 4.78 is 1.72. The van der Waals surface area contributed by atoms with Crippen molar-refractivity contribution in [2.75, 3.05) is 0 Å². The average molecular weight is 332 g/mol. The molecular weight excluding hydrogens is 322 g/mol. The van der Waals surface area contributed by atoms with Gasteiger partial charge in [0.05, 0.1) is 22.2 Å². The number of hydrogen-bond acceptors (Lipinski definition) is 3. The summed E-state index contributed by atoms with van der Waals surface area (Å²) in [6, 6.07) is 11.6. The maximum Gasteiger partial charge on any atom is 0.328 e. The van der Waals surface area contributed by atoms with E-state index in [1.54, 1.807) is 0 Å². The Hall–Kier alpha value is -2.21. The third kappa shape index (κ3) is 2.42. The van der Waals surface area contributed by atoms with Gasteiger partial charge in [0.2, 0.25) is 0 Å². The molecule has 0 unspecified atom stereocenters. The summed E-state index contributed by atoms with van der Waals surface area (Å²) in [6.07, 6.45) is 1.47. The Balaban J connectivity index is 2.03. The Bertz CT molecular complexity index is 899. The van der Waals surface area contributed by atoms with Gasteiger partial charge in [0.25, 0.3) is 5.56 Å². The quantitative estimate of drug-likeness (QED) is 0.779. The van der Waals surface area contributed by atoms with E-state index in [4.69, 9.17) is 0 Å². The van der Waals surface area contributed by atoms with Crippen LogP contribution in [0.3, 0.4) is 0 Å². The van der Waals surface area contributed by atoms with E-state index in [0.29, 0.717) is 11.0 Å². The molecule has 0 atom stereocenters. The van der Waals surface area contributed by atoms with Gasteiger partial charge in [0.1, 0.15) is 0 Å². The van der Waals surface area contributed by atoms with Gasteiger partial charge in [0, 0.05) is 11.6 Å². The minimum Gasteiger partial charge on any atom is -0.293 e. The van der Waals surface area contributed by atoms with E-state index in [-0.39, 0.29) is 0 Å². The second-order valence-corrected chi connectivity index (χ2v) is 5.21. The fourth-order valence-corrected chi connectivity index (χ4v) is 2.32. The van der Waals surface area contributed by atoms with E-state index in [2.05, 4.69) is 25.9 Å². The summed E-state index contributed by atoms with van der Waals surface area (Å²) in [7, 11) is 0. The number of fused-ring (bicyclic) bond motifs is 1. The van der Waals surface area contributed by atoms with Crippen LogP contribution in [0.25, 0.3) is 10.9 Å². The standard InChI is InChI=1S/C14H10BrN3O2/c15-11-8-18(14(20)17-13(11)19)7-10-6-5-9-3-1-2-4-12(9)16-10/h1-6,8H,7H2,(H,17,19,20). The SMILES string of the molecule is O=c1[nH]c(=O)n(Cc2ccc3ccccc3n2)cc1Br. The van der Waals surface area contributed by atoms with E-state index < -0.39 is 11.2 Å². The highest BCUT2D eigenvalue weighted by Gasteiger charge is 2.04. The molecule has 0 radical (unpaired) electrons. The minimum atomic E-state index is -0.451. The van der Waals surface area contributed by atoms with Crippen molar-refractivity contribution >= 4 is 26.8 Å². The Morgan fingerprint density at radius 3 is 2.80 bits per heavy atom. The predicted octanol–water partition coefficient (Wildman–Crippen LogP) is 1.90. The number of hydrogen-bond donors (Lipinski definition) is 1. The Morgan fingerprint density at radius 2 is 1.95 bits per heavy atom. The van der Waals surface area contributed by atoms with Gasteiger partial charge in [0.15, 0.2) is 0 Å². The first-order valence-electron chi connectivity index (χ1n) is 5.97. The summed E-state index contributed by atoms with van der Waals surface area (Å²) in [5.41, 5.74) is 0.747. The lowest BCUT2D eigenvalue weighted by molar-refractivity contribution is 0.703. The summed E-state index contributed by atoms with van der Waals surface area (Å²) >= 11 is 3.11. The summed E-state index contributed by atoms with van der Waals surface area (Å²) in [4.78, 5) is 29.7. The van der Waals surface area contributed by atoms with Crippen molar-refractivity contribution in [2.45, 2.75) is 6.54 Å². The van der Waals surface area contributed by atoms with Crippen LogP contribution < -0.4 is 11.2 Å². The maximum atomic E-state index is 11.7. The fraction of sp³-hybridized carbons (Fsp3) is 0.0714. The topological polar surface area (TPSA) is 67.8 Å². The number of para-hydroxylation sites is 1. The van der Waals surface area contributed by atoms with Crippen LogP contribution in [0.2, 0.25) is 0 Å². The molecule has 5 nitrogen and oxygen atoms in total. The summed E-state index contributed by atoms with van der Waals surface area (Å²) in [5.74, 6) is 0. The van der Waals surface area contributed by atoms with Gasteiger partial charge in [-0.25, -0.2) is 4.79 Å². The fourth-order valence-electron chi connectivity index (χ4n) is 1.97. The molecule has 1 N–H and O–H groups in total. The second-order valence-electron chi connectivity index (χ2n) is 4.36. The van der Waals surface area contributed by atoms with E-state index in [9.17, 15) is 9.59 Å². The van der Waals surface area contributed by atoms with Crippen molar-refractivity contribution in [1.82, 2.24) is 14.5 Å². The lowest BCUT2D eigenvalue weighted by Crippen LogP contribution is -2.30. The molecule has 0 aliphatic heterocycles. The number of nitrogens with zero attached hydrogens (tertiary/aromatic N) is 2. The zero-order chi connectivity index (χ0) is 14.1. The van der Waals surface area contributed by atoms with Crippen molar-refractivity contribution in [2.24, 2.45) is 0 Å². The molecule has 0 saturated carbocycles. The molecule has 2 aromatic heterocycles. The number of rotatable bonds is 2. The zero-order valence-electron chi connectivity index (χ0n) is 10.3. The molecule has 0 fully saturated rings. The number of benzene rings is 1. The van der Waals surface area contributed by atoms with E-state index >= 15 is 0 Å². The Kier molecular flexibility index (Phi) is 3.23. The molecular formula is C14H10BrN3O2. The number of H-pyrrole nitrogens is 1. The largest absolute Gasteiger partial charge is 0.328 e. The van der Waals surface area contributed by atoms with Crippen LogP contribution in [0.4, 0.5) is 0 Å². The van der Waals surface area contributed by atoms with E-state index in [1.165, 1.54) is 10.8 Å². The number of halogens is 1. The first-order valence-corrected chi connectivity index (χ1v) is 6.77. The highest BCUT2D eigenvalue weighted by Crippen LogP contribution is 2.12. The molecule has 20 heavy (non-hydrogen) atoms. The second kappa shape index (κ2) is 5.05. The smallest absolute Gasteiger partial charge is 0.293 e. The van der Waals surface area contributed by atoms with Gasteiger partial charge in [-0.15, -0.1) is 0 Å². The monoisotopic (exact) mass is 331 g/mol. The number of nitrogens with one attached hydrogen (secondary N) is 1. The number of aromatic amines is 1. The molecule has 100 valence electrons. The Morgan fingerprint density at radius 1 is 1.15 bits per heavy atom. The molecule has 3 aromatic rings. The van der Waals surface area contributed by atoms with Crippen molar-refractivity contribution < 1.29 is 0 Å². The molecule has 0 spiro atoms. The average Bonchev–Trinajstić information content (AvgIpc) is 2.44. The van der Waals surface area contributed by atoms with E-state index in [0.717, 1.165) is 16.6 Å². The van der Waals surface area contributed by atoms with Crippen molar-refractivity contribution in [3.8, 4) is 0 Å². The summed E-state index contributed by atoms with van der Waals surface area (Å²) in [5, 5.41) is 1.05. The van der Waals surface area contributed by atoms with Gasteiger partial charge in [-0.1, -0.05) is 24.3 Å². The van der Waals surface area contributed by atoms with Crippen molar-refractivity contribution in [3.63, 3.8) is 0 Å². The van der Waals surface area contributed by atoms with E-state index in [1.807, 2.05) is 36.4 Å². The highest BCUT2D eigenvalue weighted by atomic mass is 79.9. The molecule has 1 aromatic carbocycles. The molecule has 0 bridgehead atoms. The van der Waals surface area contributed by atoms with Gasteiger partial charge >= 0.3 is 5.69 Å². The molecule has 0 aliphatic carbocycles. The first kappa shape index (κ1) is 12.8. The molecule has 6 heteroatoms. The maximum absolute atomic E-state index is 11.7. The van der Waals surface area contributed by atoms with Crippen LogP contribution in [0.15, 0.2) is 56.7 Å². The van der Waals surface area contributed by atoms with Crippen LogP contribution in [0.5, 0.6) is 0 Å². The minimum absolute atomic E-state index is 0.305. The van der Waals surface area contributed by atoms with Crippen molar-refractivity contribution in [3.05, 3.63) is 73.6 Å². The van der Waals surface area contributed by atoms with Gasteiger partial charge < -0.3 is 0 Å². The lowest BCUT2D eigenvalue weighted by Gasteiger charge is -2.06. The highest BCUT2D eigenvalue weighted by molar-refractivity contribution is 9.10.